The van der Waals surface area contributed by atoms with E-state index in [9.17, 15) is 22.7 Å². The number of hydrogen-bond acceptors (Lipinski definition) is 5. The second-order valence-corrected chi connectivity index (χ2v) is 9.48. The molecular formula is C19H18ClFN2O4S2. The monoisotopic (exact) mass is 456 g/mol. The van der Waals surface area contributed by atoms with Gasteiger partial charge in [-0.3, -0.25) is 4.79 Å². The van der Waals surface area contributed by atoms with E-state index in [4.69, 9.17) is 11.6 Å². The first-order chi connectivity index (χ1) is 13.7. The molecule has 1 aromatic heterocycles. The summed E-state index contributed by atoms with van der Waals surface area (Å²) in [4.78, 5) is 12.8. The number of nitrogens with zero attached hydrogens (tertiary/aromatic N) is 1. The fourth-order valence-electron chi connectivity index (χ4n) is 2.85. The molecule has 10 heteroatoms. The third-order valence-corrected chi connectivity index (χ3v) is 8.06. The lowest BCUT2D eigenvalue weighted by molar-refractivity contribution is 0.103. The van der Waals surface area contributed by atoms with Crippen LogP contribution in [0.25, 0.3) is 10.1 Å². The van der Waals surface area contributed by atoms with Crippen LogP contribution in [0, 0.1) is 5.82 Å². The summed E-state index contributed by atoms with van der Waals surface area (Å²) in [6.45, 7) is 4.01. The van der Waals surface area contributed by atoms with Crippen molar-refractivity contribution in [2.24, 2.45) is 0 Å². The van der Waals surface area contributed by atoms with Crippen LogP contribution in [0.15, 0.2) is 41.3 Å². The molecule has 2 N–H and O–H groups in total. The largest absolute Gasteiger partial charge is 0.506 e. The van der Waals surface area contributed by atoms with Crippen molar-refractivity contribution in [3.63, 3.8) is 0 Å². The fourth-order valence-corrected chi connectivity index (χ4v) is 5.77. The van der Waals surface area contributed by atoms with Gasteiger partial charge < -0.3 is 10.4 Å². The number of thiophene rings is 1. The highest BCUT2D eigenvalue weighted by Crippen LogP contribution is 2.37. The molecule has 0 aliphatic heterocycles. The number of benzene rings is 2. The summed E-state index contributed by atoms with van der Waals surface area (Å²) in [5.41, 5.74) is -0.0667. The molecule has 0 spiro atoms. The van der Waals surface area contributed by atoms with Crippen molar-refractivity contribution in [3.8, 4) is 5.75 Å². The third-order valence-electron chi connectivity index (χ3n) is 4.36. The Morgan fingerprint density at radius 3 is 2.55 bits per heavy atom. The number of amides is 1. The number of carbonyl (C=O) groups excluding carboxylic acids is 1. The van der Waals surface area contributed by atoms with E-state index in [0.717, 1.165) is 11.3 Å². The zero-order valence-electron chi connectivity index (χ0n) is 15.6. The summed E-state index contributed by atoms with van der Waals surface area (Å²) in [6.07, 6.45) is 0. The minimum Gasteiger partial charge on any atom is -0.506 e. The van der Waals surface area contributed by atoms with E-state index in [1.54, 1.807) is 13.8 Å². The number of carbonyl (C=O) groups is 1. The van der Waals surface area contributed by atoms with Crippen molar-refractivity contribution in [1.82, 2.24) is 4.31 Å². The van der Waals surface area contributed by atoms with Crippen molar-refractivity contribution >= 4 is 54.6 Å². The number of hydrogen-bond donors (Lipinski definition) is 2. The molecule has 6 nitrogen and oxygen atoms in total. The maximum Gasteiger partial charge on any atom is 0.267 e. The second kappa shape index (κ2) is 8.27. The number of phenols is 1. The fraction of sp³-hybridized carbons (Fsp3) is 0.211. The van der Waals surface area contributed by atoms with Crippen molar-refractivity contribution in [2.75, 3.05) is 18.4 Å². The molecule has 3 aromatic rings. The lowest BCUT2D eigenvalue weighted by Crippen LogP contribution is -2.30. The van der Waals surface area contributed by atoms with Crippen molar-refractivity contribution in [1.29, 1.82) is 0 Å². The Kier molecular flexibility index (Phi) is 6.13. The number of halogens is 2. The molecular weight excluding hydrogens is 439 g/mol. The van der Waals surface area contributed by atoms with Crippen LogP contribution in [0.1, 0.15) is 23.5 Å². The van der Waals surface area contributed by atoms with Gasteiger partial charge in [0.1, 0.15) is 16.4 Å². The number of phenolic OH excluding ortho intramolecular Hbond substituents is 1. The number of nitrogens with one attached hydrogen (secondary N) is 1. The Labute approximate surface area is 176 Å². The van der Waals surface area contributed by atoms with E-state index in [1.807, 2.05) is 0 Å². The zero-order valence-corrected chi connectivity index (χ0v) is 18.0. The van der Waals surface area contributed by atoms with E-state index in [2.05, 4.69) is 5.32 Å². The SMILES string of the molecule is CCN(CC)S(=O)(=O)c1ccc(O)c(NC(=O)c2sc3cc(F)ccc3c2Cl)c1. The quantitative estimate of drug-likeness (QED) is 0.527. The van der Waals surface area contributed by atoms with Crippen molar-refractivity contribution in [3.05, 3.63) is 52.1 Å². The number of sulfonamides is 1. The predicted octanol–water partition coefficient (Wildman–Crippen LogP) is 4.68. The van der Waals surface area contributed by atoms with E-state index >= 15 is 0 Å². The first-order valence-electron chi connectivity index (χ1n) is 8.71. The highest BCUT2D eigenvalue weighted by molar-refractivity contribution is 7.89. The van der Waals surface area contributed by atoms with E-state index < -0.39 is 21.7 Å². The molecule has 0 aliphatic rings. The Morgan fingerprint density at radius 2 is 1.90 bits per heavy atom. The molecule has 0 bridgehead atoms. The number of anilines is 1. The molecule has 0 radical (unpaired) electrons. The Hall–Kier alpha value is -2.20. The minimum absolute atomic E-state index is 0.0567. The van der Waals surface area contributed by atoms with Gasteiger partial charge >= 0.3 is 0 Å². The van der Waals surface area contributed by atoms with E-state index in [-0.39, 0.29) is 39.3 Å². The maximum atomic E-state index is 13.4. The van der Waals surface area contributed by atoms with Gasteiger partial charge in [0.15, 0.2) is 0 Å². The van der Waals surface area contributed by atoms with Crippen LogP contribution in [0.4, 0.5) is 10.1 Å². The molecule has 0 atom stereocenters. The smallest absolute Gasteiger partial charge is 0.267 e. The molecule has 0 unspecified atom stereocenters. The highest BCUT2D eigenvalue weighted by atomic mass is 35.5. The number of rotatable bonds is 6. The average Bonchev–Trinajstić information content (AvgIpc) is 3.00. The molecule has 0 saturated carbocycles. The lowest BCUT2D eigenvalue weighted by atomic mass is 10.2. The van der Waals surface area contributed by atoms with Gasteiger partial charge in [-0.05, 0) is 36.4 Å². The van der Waals surface area contributed by atoms with Crippen LogP contribution >= 0.6 is 22.9 Å². The van der Waals surface area contributed by atoms with Crippen LogP contribution in [0.3, 0.4) is 0 Å². The van der Waals surface area contributed by atoms with Gasteiger partial charge in [-0.2, -0.15) is 4.31 Å². The van der Waals surface area contributed by atoms with Gasteiger partial charge in [0.05, 0.1) is 15.6 Å². The topological polar surface area (TPSA) is 86.7 Å². The van der Waals surface area contributed by atoms with Crippen LogP contribution in [-0.2, 0) is 10.0 Å². The van der Waals surface area contributed by atoms with Gasteiger partial charge in [-0.15, -0.1) is 11.3 Å². The highest BCUT2D eigenvalue weighted by Gasteiger charge is 2.24. The molecule has 0 saturated heterocycles. The molecule has 0 aliphatic carbocycles. The minimum atomic E-state index is -3.77. The predicted molar refractivity (Wildman–Crippen MR) is 113 cm³/mol. The van der Waals surface area contributed by atoms with Crippen LogP contribution in [-0.4, -0.2) is 36.8 Å². The average molecular weight is 457 g/mol. The zero-order chi connectivity index (χ0) is 21.3. The van der Waals surface area contributed by atoms with Gasteiger partial charge in [0.2, 0.25) is 10.0 Å². The summed E-state index contributed by atoms with van der Waals surface area (Å²) in [5.74, 6) is -1.38. The second-order valence-electron chi connectivity index (χ2n) is 6.11. The molecule has 3 rings (SSSR count). The van der Waals surface area contributed by atoms with Crippen LogP contribution in [0.2, 0.25) is 5.02 Å². The summed E-state index contributed by atoms with van der Waals surface area (Å²) in [5, 5.41) is 13.3. The Balaban J connectivity index is 1.96. The lowest BCUT2D eigenvalue weighted by Gasteiger charge is -2.19. The van der Waals surface area contributed by atoms with Gasteiger partial charge in [0.25, 0.3) is 5.91 Å². The summed E-state index contributed by atoms with van der Waals surface area (Å²) in [7, 11) is -3.77. The van der Waals surface area contributed by atoms with Crippen LogP contribution < -0.4 is 5.32 Å². The standard InChI is InChI=1S/C19H18ClFN2O4S2/c1-3-23(4-2)29(26,27)12-6-8-15(24)14(10-12)22-19(25)18-17(20)13-7-5-11(21)9-16(13)28-18/h5-10,24H,3-4H2,1-2H3,(H,22,25). The summed E-state index contributed by atoms with van der Waals surface area (Å²) < 4.78 is 40.6. The third kappa shape index (κ3) is 4.09. The number of aromatic hydroxyl groups is 1. The normalized spacial score (nSPS) is 11.9. The summed E-state index contributed by atoms with van der Waals surface area (Å²) in [6, 6.07) is 7.67. The molecule has 154 valence electrons. The van der Waals surface area contributed by atoms with Gasteiger partial charge in [0, 0.05) is 23.2 Å². The molecule has 1 heterocycles. The van der Waals surface area contributed by atoms with E-state index in [1.165, 1.54) is 40.7 Å². The van der Waals surface area contributed by atoms with Gasteiger partial charge in [-0.1, -0.05) is 25.4 Å². The maximum absolute atomic E-state index is 13.4. The van der Waals surface area contributed by atoms with Crippen molar-refractivity contribution in [2.45, 2.75) is 18.7 Å². The first-order valence-corrected chi connectivity index (χ1v) is 11.3. The molecule has 29 heavy (non-hydrogen) atoms. The Bertz CT molecular complexity index is 1190. The molecule has 1 amide bonds. The first kappa shape index (κ1) is 21.5. The summed E-state index contributed by atoms with van der Waals surface area (Å²) >= 11 is 7.26. The van der Waals surface area contributed by atoms with Crippen LogP contribution in [0.5, 0.6) is 5.75 Å². The van der Waals surface area contributed by atoms with E-state index in [0.29, 0.717) is 10.1 Å². The molecule has 0 fully saturated rings. The molecule has 2 aromatic carbocycles. The van der Waals surface area contributed by atoms with Crippen molar-refractivity contribution < 1.29 is 22.7 Å². The van der Waals surface area contributed by atoms with Gasteiger partial charge in [-0.25, -0.2) is 12.8 Å². The Morgan fingerprint density at radius 1 is 1.21 bits per heavy atom. The number of fused-ring (bicyclic) bond motifs is 1.